The number of carbonyl (C=O) groups is 1. The predicted molar refractivity (Wildman–Crippen MR) is 164 cm³/mol. The SMILES string of the molecule is O=C(ON1CCCC1CC1c2ccccc2-c2ccccc21)ON1CCCC1CC1c2ccccc2-c2ccccc21. The monoisotopic (exact) mass is 556 g/mol. The van der Waals surface area contributed by atoms with Crippen molar-refractivity contribution >= 4 is 6.16 Å². The van der Waals surface area contributed by atoms with Crippen LogP contribution in [0, 0.1) is 0 Å². The molecule has 0 spiro atoms. The first-order valence-corrected chi connectivity index (χ1v) is 15.5. The van der Waals surface area contributed by atoms with Gasteiger partial charge in [-0.25, -0.2) is 0 Å². The number of hydroxylamine groups is 4. The summed E-state index contributed by atoms with van der Waals surface area (Å²) in [7, 11) is 0. The number of rotatable bonds is 6. The van der Waals surface area contributed by atoms with Gasteiger partial charge in [-0.1, -0.05) is 97.1 Å². The molecule has 0 radical (unpaired) electrons. The first-order chi connectivity index (χ1) is 20.7. The van der Waals surface area contributed by atoms with Gasteiger partial charge in [0.15, 0.2) is 0 Å². The van der Waals surface area contributed by atoms with Gasteiger partial charge in [0, 0.05) is 37.0 Å². The number of nitrogens with zero attached hydrogens (tertiary/aromatic N) is 2. The third-order valence-electron chi connectivity index (χ3n) is 9.97. The lowest BCUT2D eigenvalue weighted by atomic mass is 9.89. The quantitative estimate of drug-likeness (QED) is 0.239. The molecule has 0 amide bonds. The molecule has 212 valence electrons. The van der Waals surface area contributed by atoms with Crippen molar-refractivity contribution in [3.63, 3.8) is 0 Å². The molecule has 0 bridgehead atoms. The Balaban J connectivity index is 0.939. The highest BCUT2D eigenvalue weighted by Gasteiger charge is 2.38. The second-order valence-electron chi connectivity index (χ2n) is 12.2. The molecule has 2 aliphatic heterocycles. The van der Waals surface area contributed by atoms with Gasteiger partial charge < -0.3 is 9.68 Å². The van der Waals surface area contributed by atoms with E-state index < -0.39 is 6.16 Å². The van der Waals surface area contributed by atoms with Crippen LogP contribution in [0.5, 0.6) is 0 Å². The maximum atomic E-state index is 13.2. The lowest BCUT2D eigenvalue weighted by molar-refractivity contribution is -0.198. The molecule has 0 N–H and O–H groups in total. The summed E-state index contributed by atoms with van der Waals surface area (Å²) >= 11 is 0. The van der Waals surface area contributed by atoms with E-state index in [0.717, 1.165) is 51.6 Å². The zero-order valence-electron chi connectivity index (χ0n) is 23.8. The highest BCUT2D eigenvalue weighted by atomic mass is 16.9. The molecule has 4 aromatic rings. The van der Waals surface area contributed by atoms with Crippen LogP contribution in [0.4, 0.5) is 4.79 Å². The fourth-order valence-electron chi connectivity index (χ4n) is 8.11. The van der Waals surface area contributed by atoms with Gasteiger partial charge in [-0.15, -0.1) is 10.1 Å². The van der Waals surface area contributed by atoms with Crippen LogP contribution in [0.25, 0.3) is 22.3 Å². The van der Waals surface area contributed by atoms with Crippen molar-refractivity contribution in [2.24, 2.45) is 0 Å². The Morgan fingerprint density at radius 2 is 0.881 bits per heavy atom. The number of hydrogen-bond donors (Lipinski definition) is 0. The minimum atomic E-state index is -0.603. The average Bonchev–Trinajstić information content (AvgIpc) is 3.80. The number of fused-ring (bicyclic) bond motifs is 6. The van der Waals surface area contributed by atoms with Gasteiger partial charge in [-0.2, -0.15) is 4.79 Å². The Hall–Kier alpha value is -3.93. The minimum Gasteiger partial charge on any atom is -0.334 e. The van der Waals surface area contributed by atoms with Crippen LogP contribution in [-0.4, -0.2) is 41.5 Å². The molecule has 2 fully saturated rings. The largest absolute Gasteiger partial charge is 0.547 e. The highest BCUT2D eigenvalue weighted by molar-refractivity contribution is 5.79. The van der Waals surface area contributed by atoms with Crippen molar-refractivity contribution in [3.05, 3.63) is 119 Å². The lowest BCUT2D eigenvalue weighted by Crippen LogP contribution is -2.38. The predicted octanol–water partition coefficient (Wildman–Crippen LogP) is 8.30. The molecule has 8 rings (SSSR count). The summed E-state index contributed by atoms with van der Waals surface area (Å²) in [6.45, 7) is 1.49. The van der Waals surface area contributed by atoms with Crippen molar-refractivity contribution in [2.45, 2.75) is 62.4 Å². The third-order valence-corrected chi connectivity index (χ3v) is 9.97. The van der Waals surface area contributed by atoms with Crippen molar-refractivity contribution in [2.75, 3.05) is 13.1 Å². The lowest BCUT2D eigenvalue weighted by Gasteiger charge is -2.28. The van der Waals surface area contributed by atoms with Crippen molar-refractivity contribution < 1.29 is 14.5 Å². The van der Waals surface area contributed by atoms with E-state index in [1.165, 1.54) is 44.5 Å². The van der Waals surface area contributed by atoms with E-state index in [0.29, 0.717) is 11.8 Å². The zero-order valence-corrected chi connectivity index (χ0v) is 23.8. The molecule has 0 saturated carbocycles. The molecule has 2 atom stereocenters. The normalized spacial score (nSPS) is 21.6. The maximum absolute atomic E-state index is 13.2. The maximum Gasteiger partial charge on any atom is 0.547 e. The van der Waals surface area contributed by atoms with E-state index in [1.807, 2.05) is 10.1 Å². The highest BCUT2D eigenvalue weighted by Crippen LogP contribution is 2.49. The van der Waals surface area contributed by atoms with Gasteiger partial charge >= 0.3 is 6.16 Å². The van der Waals surface area contributed by atoms with Gasteiger partial charge in [-0.3, -0.25) is 0 Å². The second kappa shape index (κ2) is 10.7. The summed E-state index contributed by atoms with van der Waals surface area (Å²) in [6.07, 6.45) is 5.31. The second-order valence-corrected chi connectivity index (χ2v) is 12.2. The molecule has 0 aromatic heterocycles. The topological polar surface area (TPSA) is 42.0 Å². The number of carbonyl (C=O) groups excluding carboxylic acids is 1. The number of benzene rings is 4. The minimum absolute atomic E-state index is 0.169. The average molecular weight is 557 g/mol. The molecule has 2 saturated heterocycles. The van der Waals surface area contributed by atoms with Crippen LogP contribution >= 0.6 is 0 Å². The van der Waals surface area contributed by atoms with E-state index in [2.05, 4.69) is 97.1 Å². The van der Waals surface area contributed by atoms with Gasteiger partial charge in [0.1, 0.15) is 0 Å². The first kappa shape index (κ1) is 25.8. The van der Waals surface area contributed by atoms with Crippen molar-refractivity contribution in [1.82, 2.24) is 10.1 Å². The zero-order chi connectivity index (χ0) is 28.0. The van der Waals surface area contributed by atoms with Crippen LogP contribution in [0.2, 0.25) is 0 Å². The summed E-state index contributed by atoms with van der Waals surface area (Å²) < 4.78 is 0. The molecule has 42 heavy (non-hydrogen) atoms. The van der Waals surface area contributed by atoms with E-state index >= 15 is 0 Å². The summed E-state index contributed by atoms with van der Waals surface area (Å²) in [5.41, 5.74) is 10.8. The Labute approximate surface area is 247 Å². The van der Waals surface area contributed by atoms with E-state index in [1.54, 1.807) is 0 Å². The van der Waals surface area contributed by atoms with Crippen LogP contribution in [-0.2, 0) is 9.68 Å². The van der Waals surface area contributed by atoms with E-state index in [4.69, 9.17) is 9.68 Å². The molecule has 2 aliphatic carbocycles. The summed E-state index contributed by atoms with van der Waals surface area (Å²) in [6, 6.07) is 35.3. The molecular formula is C37H36N2O3. The Morgan fingerprint density at radius 1 is 0.548 bits per heavy atom. The van der Waals surface area contributed by atoms with Crippen LogP contribution in [0.1, 0.15) is 72.6 Å². The molecule has 2 heterocycles. The van der Waals surface area contributed by atoms with E-state index in [9.17, 15) is 4.79 Å². The van der Waals surface area contributed by atoms with Gasteiger partial charge in [0.2, 0.25) is 0 Å². The Kier molecular flexibility index (Phi) is 6.57. The summed E-state index contributed by atoms with van der Waals surface area (Å²) in [4.78, 5) is 25.1. The smallest absolute Gasteiger partial charge is 0.334 e. The van der Waals surface area contributed by atoms with Gasteiger partial charge in [-0.05, 0) is 83.0 Å². The molecule has 5 nitrogen and oxygen atoms in total. The van der Waals surface area contributed by atoms with Gasteiger partial charge in [0.25, 0.3) is 0 Å². The molecule has 4 aromatic carbocycles. The first-order valence-electron chi connectivity index (χ1n) is 15.5. The molecule has 5 heteroatoms. The van der Waals surface area contributed by atoms with Crippen LogP contribution < -0.4 is 0 Å². The fourth-order valence-corrected chi connectivity index (χ4v) is 8.11. The summed E-state index contributed by atoms with van der Waals surface area (Å²) in [5, 5.41) is 3.78. The van der Waals surface area contributed by atoms with Crippen LogP contribution in [0.3, 0.4) is 0 Å². The summed E-state index contributed by atoms with van der Waals surface area (Å²) in [5.74, 6) is 0.616. The molecule has 4 aliphatic rings. The third kappa shape index (κ3) is 4.43. The molecular weight excluding hydrogens is 520 g/mol. The van der Waals surface area contributed by atoms with Gasteiger partial charge in [0.05, 0.1) is 0 Å². The standard InChI is InChI=1S/C37H36N2O3/c40-37(41-38-21-9-11-25(38)23-35-31-17-5-1-13-27(31)28-14-2-6-18-32(28)35)42-39-22-10-12-26(39)24-36-33-19-7-3-15-29(33)30-16-4-8-20-34(30)36/h1-8,13-20,25-26,35-36H,9-12,21-24H2. The van der Waals surface area contributed by atoms with Crippen LogP contribution in [0.15, 0.2) is 97.1 Å². The van der Waals surface area contributed by atoms with Crippen molar-refractivity contribution in [1.29, 1.82) is 0 Å². The van der Waals surface area contributed by atoms with E-state index in [-0.39, 0.29) is 12.1 Å². The molecule has 2 unspecified atom stereocenters. The number of hydrogen-bond acceptors (Lipinski definition) is 5. The van der Waals surface area contributed by atoms with Crippen molar-refractivity contribution in [3.8, 4) is 22.3 Å². The Bertz CT molecular complexity index is 1420. The Morgan fingerprint density at radius 3 is 1.24 bits per heavy atom. The fraction of sp³-hybridized carbons (Fsp3) is 0.324.